The quantitative estimate of drug-likeness (QED) is 0.616. The van der Waals surface area contributed by atoms with Gasteiger partial charge < -0.3 is 10.1 Å². The number of hydrogen-bond acceptors (Lipinski definition) is 4. The van der Waals surface area contributed by atoms with E-state index in [-0.39, 0.29) is 11.7 Å². The van der Waals surface area contributed by atoms with Gasteiger partial charge in [0.25, 0.3) is 0 Å². The lowest BCUT2D eigenvalue weighted by atomic mass is 10.1. The van der Waals surface area contributed by atoms with Gasteiger partial charge in [-0.3, -0.25) is 9.59 Å². The molecule has 0 aliphatic rings. The van der Waals surface area contributed by atoms with Gasteiger partial charge in [-0.2, -0.15) is 0 Å². The van der Waals surface area contributed by atoms with E-state index in [0.717, 1.165) is 10.6 Å². The van der Waals surface area contributed by atoms with Crippen molar-refractivity contribution in [2.75, 3.05) is 17.7 Å². The average molecular weight is 329 g/mol. The molecule has 2 aromatic carbocycles. The Labute approximate surface area is 140 Å². The number of carbonyl (C=O) groups is 2. The molecule has 120 valence electrons. The molecule has 5 heteroatoms. The SMILES string of the molecule is CCOc1ccc(SCC(=O)Nc2cccc(C(C)=O)c2)cc1. The first-order chi connectivity index (χ1) is 11.1. The number of rotatable bonds is 7. The predicted octanol–water partition coefficient (Wildman–Crippen LogP) is 4.02. The number of nitrogens with one attached hydrogen (secondary N) is 1. The molecule has 0 unspecified atom stereocenters. The number of benzene rings is 2. The summed E-state index contributed by atoms with van der Waals surface area (Å²) in [5, 5.41) is 2.80. The van der Waals surface area contributed by atoms with E-state index in [0.29, 0.717) is 23.6 Å². The maximum absolute atomic E-state index is 12.0. The number of hydrogen-bond donors (Lipinski definition) is 1. The Balaban J connectivity index is 1.87. The normalized spacial score (nSPS) is 10.2. The van der Waals surface area contributed by atoms with Crippen LogP contribution in [0.25, 0.3) is 0 Å². The van der Waals surface area contributed by atoms with Gasteiger partial charge in [-0.1, -0.05) is 12.1 Å². The highest BCUT2D eigenvalue weighted by molar-refractivity contribution is 8.00. The van der Waals surface area contributed by atoms with Crippen molar-refractivity contribution in [1.29, 1.82) is 0 Å². The summed E-state index contributed by atoms with van der Waals surface area (Å²) >= 11 is 1.45. The van der Waals surface area contributed by atoms with Crippen LogP contribution in [0.5, 0.6) is 5.75 Å². The molecule has 0 fully saturated rings. The van der Waals surface area contributed by atoms with Gasteiger partial charge in [0.05, 0.1) is 12.4 Å². The number of ether oxygens (including phenoxy) is 1. The number of thioether (sulfide) groups is 1. The van der Waals surface area contributed by atoms with Crippen LogP contribution in [0.3, 0.4) is 0 Å². The van der Waals surface area contributed by atoms with Crippen LogP contribution < -0.4 is 10.1 Å². The molecule has 1 N–H and O–H groups in total. The Morgan fingerprint density at radius 2 is 1.87 bits per heavy atom. The van der Waals surface area contributed by atoms with Crippen LogP contribution in [-0.2, 0) is 4.79 Å². The zero-order chi connectivity index (χ0) is 16.7. The molecule has 0 spiro atoms. The summed E-state index contributed by atoms with van der Waals surface area (Å²) in [7, 11) is 0. The number of ketones is 1. The van der Waals surface area contributed by atoms with Crippen molar-refractivity contribution in [3.8, 4) is 5.75 Å². The molecule has 0 atom stereocenters. The van der Waals surface area contributed by atoms with E-state index in [2.05, 4.69) is 5.32 Å². The van der Waals surface area contributed by atoms with E-state index < -0.39 is 0 Å². The van der Waals surface area contributed by atoms with Crippen molar-refractivity contribution < 1.29 is 14.3 Å². The second-order valence-electron chi connectivity index (χ2n) is 4.88. The van der Waals surface area contributed by atoms with Crippen LogP contribution in [-0.4, -0.2) is 24.1 Å². The minimum Gasteiger partial charge on any atom is -0.494 e. The Bertz CT molecular complexity index is 683. The largest absolute Gasteiger partial charge is 0.494 e. The molecule has 0 aliphatic carbocycles. The maximum atomic E-state index is 12.0. The third-order valence-corrected chi connectivity index (χ3v) is 4.07. The second-order valence-corrected chi connectivity index (χ2v) is 5.93. The molecule has 2 aromatic rings. The monoisotopic (exact) mass is 329 g/mol. The van der Waals surface area contributed by atoms with Crippen LogP contribution >= 0.6 is 11.8 Å². The summed E-state index contributed by atoms with van der Waals surface area (Å²) in [5.74, 6) is 0.995. The zero-order valence-electron chi connectivity index (χ0n) is 13.2. The summed E-state index contributed by atoms with van der Waals surface area (Å²) in [6.07, 6.45) is 0. The van der Waals surface area contributed by atoms with Gasteiger partial charge in [0.2, 0.25) is 5.91 Å². The van der Waals surface area contributed by atoms with E-state index in [1.807, 2.05) is 31.2 Å². The molecule has 23 heavy (non-hydrogen) atoms. The third-order valence-electron chi connectivity index (χ3n) is 3.06. The zero-order valence-corrected chi connectivity index (χ0v) is 14.0. The third kappa shape index (κ3) is 5.45. The molecular formula is C18H19NO3S. The average Bonchev–Trinajstić information content (AvgIpc) is 2.55. The van der Waals surface area contributed by atoms with Gasteiger partial charge in [0, 0.05) is 16.1 Å². The second kappa shape index (κ2) is 8.39. The van der Waals surface area contributed by atoms with Crippen LogP contribution in [0.2, 0.25) is 0 Å². The lowest BCUT2D eigenvalue weighted by Gasteiger charge is -2.07. The molecule has 0 radical (unpaired) electrons. The lowest BCUT2D eigenvalue weighted by Crippen LogP contribution is -2.14. The van der Waals surface area contributed by atoms with Crippen LogP contribution in [0.15, 0.2) is 53.4 Å². The van der Waals surface area contributed by atoms with Crippen LogP contribution in [0, 0.1) is 0 Å². The van der Waals surface area contributed by atoms with Gasteiger partial charge >= 0.3 is 0 Å². The van der Waals surface area contributed by atoms with E-state index in [1.165, 1.54) is 18.7 Å². The first-order valence-corrected chi connectivity index (χ1v) is 8.33. The number of carbonyl (C=O) groups excluding carboxylic acids is 2. The number of amides is 1. The topological polar surface area (TPSA) is 55.4 Å². The Morgan fingerprint density at radius 1 is 1.13 bits per heavy atom. The molecule has 0 heterocycles. The van der Waals surface area contributed by atoms with Crippen LogP contribution in [0.4, 0.5) is 5.69 Å². The molecule has 1 amide bonds. The summed E-state index contributed by atoms with van der Waals surface area (Å²) in [5.41, 5.74) is 1.22. The van der Waals surface area contributed by atoms with E-state index in [1.54, 1.807) is 24.3 Å². The van der Waals surface area contributed by atoms with Crippen molar-refractivity contribution in [3.63, 3.8) is 0 Å². The van der Waals surface area contributed by atoms with Gasteiger partial charge in [-0.15, -0.1) is 11.8 Å². The van der Waals surface area contributed by atoms with Crippen molar-refractivity contribution in [2.45, 2.75) is 18.7 Å². The van der Waals surface area contributed by atoms with Crippen molar-refractivity contribution in [1.82, 2.24) is 0 Å². The molecule has 0 bridgehead atoms. The summed E-state index contributed by atoms with van der Waals surface area (Å²) in [6.45, 7) is 4.07. The minimum absolute atomic E-state index is 0.0233. The first-order valence-electron chi connectivity index (χ1n) is 7.35. The van der Waals surface area contributed by atoms with E-state index in [4.69, 9.17) is 4.74 Å². The Hall–Kier alpha value is -2.27. The maximum Gasteiger partial charge on any atom is 0.234 e. The fraction of sp³-hybridized carbons (Fsp3) is 0.222. The van der Waals surface area contributed by atoms with Gasteiger partial charge in [0.1, 0.15) is 5.75 Å². The fourth-order valence-corrected chi connectivity index (χ4v) is 2.66. The Morgan fingerprint density at radius 3 is 2.52 bits per heavy atom. The smallest absolute Gasteiger partial charge is 0.234 e. The molecular weight excluding hydrogens is 310 g/mol. The van der Waals surface area contributed by atoms with Gasteiger partial charge in [-0.05, 0) is 50.2 Å². The summed E-state index contributed by atoms with van der Waals surface area (Å²) < 4.78 is 5.38. The standard InChI is InChI=1S/C18H19NO3S/c1-3-22-16-7-9-17(10-8-16)23-12-18(21)19-15-6-4-5-14(11-15)13(2)20/h4-11H,3,12H2,1-2H3,(H,19,21). The summed E-state index contributed by atoms with van der Waals surface area (Å²) in [4.78, 5) is 24.3. The number of anilines is 1. The van der Waals surface area contributed by atoms with Crippen molar-refractivity contribution >= 4 is 29.1 Å². The Kier molecular flexibility index (Phi) is 6.23. The highest BCUT2D eigenvalue weighted by atomic mass is 32.2. The number of Topliss-reactive ketones (excluding diaryl/α,β-unsaturated/α-hetero) is 1. The van der Waals surface area contributed by atoms with E-state index in [9.17, 15) is 9.59 Å². The lowest BCUT2D eigenvalue weighted by molar-refractivity contribution is -0.113. The minimum atomic E-state index is -0.107. The van der Waals surface area contributed by atoms with Gasteiger partial charge in [-0.25, -0.2) is 0 Å². The van der Waals surface area contributed by atoms with Gasteiger partial charge in [0.15, 0.2) is 5.78 Å². The molecule has 0 saturated carbocycles. The summed E-state index contributed by atoms with van der Waals surface area (Å²) in [6, 6.07) is 14.6. The highest BCUT2D eigenvalue weighted by Crippen LogP contribution is 2.22. The predicted molar refractivity (Wildman–Crippen MR) is 93.4 cm³/mol. The first kappa shape index (κ1) is 17.1. The highest BCUT2D eigenvalue weighted by Gasteiger charge is 2.06. The molecule has 0 aliphatic heterocycles. The van der Waals surface area contributed by atoms with Crippen molar-refractivity contribution in [2.24, 2.45) is 0 Å². The molecule has 2 rings (SSSR count). The van der Waals surface area contributed by atoms with E-state index >= 15 is 0 Å². The molecule has 4 nitrogen and oxygen atoms in total. The van der Waals surface area contributed by atoms with Crippen molar-refractivity contribution in [3.05, 3.63) is 54.1 Å². The molecule has 0 saturated heterocycles. The molecule has 0 aromatic heterocycles. The van der Waals surface area contributed by atoms with Crippen LogP contribution in [0.1, 0.15) is 24.2 Å². The fourth-order valence-electron chi connectivity index (χ4n) is 1.96.